The predicted octanol–water partition coefficient (Wildman–Crippen LogP) is 2.50. The van der Waals surface area contributed by atoms with Crippen LogP contribution in [0.3, 0.4) is 0 Å². The fraction of sp³-hybridized carbons (Fsp3) is 0.278. The molecule has 0 saturated heterocycles. The quantitative estimate of drug-likeness (QED) is 0.767. The number of amides is 2. The van der Waals surface area contributed by atoms with Crippen molar-refractivity contribution in [2.75, 3.05) is 13.2 Å². The first kappa shape index (κ1) is 16.0. The summed E-state index contributed by atoms with van der Waals surface area (Å²) in [5.41, 5.74) is 2.31. The van der Waals surface area contributed by atoms with Gasteiger partial charge >= 0.3 is 6.03 Å². The molecule has 0 aliphatic rings. The summed E-state index contributed by atoms with van der Waals surface area (Å²) < 4.78 is 0. The molecule has 116 valence electrons. The topological polar surface area (TPSA) is 61.4 Å². The summed E-state index contributed by atoms with van der Waals surface area (Å²) in [5.74, 6) is 0.0950. The molecule has 2 aromatic rings. The van der Waals surface area contributed by atoms with Crippen LogP contribution in [0.5, 0.6) is 0 Å². The van der Waals surface area contributed by atoms with Crippen LogP contribution in [0.1, 0.15) is 24.0 Å². The Bertz CT molecular complexity index is 533. The van der Waals surface area contributed by atoms with Gasteiger partial charge in [-0.05, 0) is 18.1 Å². The number of rotatable bonds is 6. The van der Waals surface area contributed by atoms with Crippen LogP contribution < -0.4 is 10.6 Å². The van der Waals surface area contributed by atoms with Crippen molar-refractivity contribution in [3.05, 3.63) is 71.8 Å². The van der Waals surface area contributed by atoms with E-state index in [0.29, 0.717) is 6.54 Å². The number of aliphatic hydroxyl groups is 1. The smallest absolute Gasteiger partial charge is 0.315 e. The molecule has 22 heavy (non-hydrogen) atoms. The van der Waals surface area contributed by atoms with Crippen molar-refractivity contribution < 1.29 is 9.90 Å². The van der Waals surface area contributed by atoms with Crippen molar-refractivity contribution in [3.63, 3.8) is 0 Å². The molecule has 3 N–H and O–H groups in total. The Labute approximate surface area is 131 Å². The molecule has 0 aliphatic carbocycles. The average molecular weight is 298 g/mol. The molecule has 0 radical (unpaired) electrons. The Hall–Kier alpha value is -2.33. The highest BCUT2D eigenvalue weighted by Gasteiger charge is 2.15. The Morgan fingerprint density at radius 2 is 1.50 bits per heavy atom. The largest absolute Gasteiger partial charge is 0.394 e. The zero-order chi connectivity index (χ0) is 15.8. The molecule has 0 unspecified atom stereocenters. The highest BCUT2D eigenvalue weighted by Crippen LogP contribution is 2.23. The summed E-state index contributed by atoms with van der Waals surface area (Å²) >= 11 is 0. The molecule has 0 aromatic heterocycles. The van der Waals surface area contributed by atoms with Crippen molar-refractivity contribution >= 4 is 6.03 Å². The minimum Gasteiger partial charge on any atom is -0.394 e. The van der Waals surface area contributed by atoms with E-state index in [1.807, 2.05) is 36.4 Å². The second-order valence-corrected chi connectivity index (χ2v) is 5.31. The molecule has 4 heteroatoms. The van der Waals surface area contributed by atoms with E-state index in [1.54, 1.807) is 6.92 Å². The van der Waals surface area contributed by atoms with E-state index < -0.39 is 0 Å². The van der Waals surface area contributed by atoms with E-state index in [0.717, 1.165) is 11.1 Å². The molecule has 4 nitrogen and oxygen atoms in total. The third-order valence-corrected chi connectivity index (χ3v) is 3.52. The highest BCUT2D eigenvalue weighted by atomic mass is 16.3. The van der Waals surface area contributed by atoms with Crippen molar-refractivity contribution in [1.82, 2.24) is 10.6 Å². The lowest BCUT2D eigenvalue weighted by Crippen LogP contribution is -2.43. The monoisotopic (exact) mass is 298 g/mol. The number of urea groups is 1. The number of aliphatic hydroxyl groups excluding tert-OH is 1. The molecule has 2 aromatic carbocycles. The van der Waals surface area contributed by atoms with E-state index in [4.69, 9.17) is 5.11 Å². The third kappa shape index (κ3) is 4.60. The SMILES string of the molecule is C[C@@H](CO)NC(=O)NCC(c1ccccc1)c1ccccc1. The Kier molecular flexibility index (Phi) is 5.98. The maximum atomic E-state index is 11.8. The Morgan fingerprint density at radius 3 is 1.95 bits per heavy atom. The molecule has 0 saturated carbocycles. The van der Waals surface area contributed by atoms with Crippen LogP contribution in [0, 0.1) is 0 Å². The minimum atomic E-state index is -0.265. The molecule has 0 heterocycles. The lowest BCUT2D eigenvalue weighted by atomic mass is 9.91. The zero-order valence-corrected chi connectivity index (χ0v) is 12.7. The van der Waals surface area contributed by atoms with Gasteiger partial charge in [0.1, 0.15) is 0 Å². The normalized spacial score (nSPS) is 12.0. The second kappa shape index (κ2) is 8.20. The third-order valence-electron chi connectivity index (χ3n) is 3.52. The summed E-state index contributed by atoms with van der Waals surface area (Å²) in [6.07, 6.45) is 0. The molecule has 1 atom stereocenters. The van der Waals surface area contributed by atoms with E-state index >= 15 is 0 Å². The van der Waals surface area contributed by atoms with Crippen molar-refractivity contribution in [1.29, 1.82) is 0 Å². The predicted molar refractivity (Wildman–Crippen MR) is 87.8 cm³/mol. The first-order chi connectivity index (χ1) is 10.7. The maximum absolute atomic E-state index is 11.8. The fourth-order valence-corrected chi connectivity index (χ4v) is 2.31. The van der Waals surface area contributed by atoms with E-state index in [1.165, 1.54) is 0 Å². The van der Waals surface area contributed by atoms with Gasteiger partial charge in [0.05, 0.1) is 12.6 Å². The Balaban J connectivity index is 2.08. The van der Waals surface area contributed by atoms with Crippen molar-refractivity contribution in [2.45, 2.75) is 18.9 Å². The van der Waals surface area contributed by atoms with Gasteiger partial charge in [0.25, 0.3) is 0 Å². The van der Waals surface area contributed by atoms with Crippen LogP contribution in [-0.4, -0.2) is 30.3 Å². The zero-order valence-electron chi connectivity index (χ0n) is 12.7. The van der Waals surface area contributed by atoms with Crippen LogP contribution in [0.25, 0.3) is 0 Å². The fourth-order valence-electron chi connectivity index (χ4n) is 2.31. The molecule has 0 aliphatic heterocycles. The summed E-state index contributed by atoms with van der Waals surface area (Å²) in [7, 11) is 0. The van der Waals surface area contributed by atoms with Gasteiger partial charge in [0.2, 0.25) is 0 Å². The van der Waals surface area contributed by atoms with E-state index in [-0.39, 0.29) is 24.6 Å². The molecule has 2 amide bonds. The number of hydrogen-bond donors (Lipinski definition) is 3. The van der Waals surface area contributed by atoms with Crippen LogP contribution in [0.15, 0.2) is 60.7 Å². The van der Waals surface area contributed by atoms with Gasteiger partial charge in [0.15, 0.2) is 0 Å². The number of hydrogen-bond acceptors (Lipinski definition) is 2. The van der Waals surface area contributed by atoms with Gasteiger partial charge in [-0.1, -0.05) is 60.7 Å². The van der Waals surface area contributed by atoms with Gasteiger partial charge in [-0.3, -0.25) is 0 Å². The van der Waals surface area contributed by atoms with Crippen molar-refractivity contribution in [2.24, 2.45) is 0 Å². The van der Waals surface area contributed by atoms with Gasteiger partial charge in [0, 0.05) is 12.5 Å². The Morgan fingerprint density at radius 1 is 1.00 bits per heavy atom. The van der Waals surface area contributed by atoms with Crippen LogP contribution in [0.4, 0.5) is 4.79 Å². The molecule has 0 bridgehead atoms. The summed E-state index contributed by atoms with van der Waals surface area (Å²) in [5, 5.41) is 14.5. The molecular weight excluding hydrogens is 276 g/mol. The first-order valence-electron chi connectivity index (χ1n) is 7.46. The van der Waals surface area contributed by atoms with E-state index in [9.17, 15) is 4.79 Å². The average Bonchev–Trinajstić information content (AvgIpc) is 2.57. The van der Waals surface area contributed by atoms with E-state index in [2.05, 4.69) is 34.9 Å². The number of carbonyl (C=O) groups excluding carboxylic acids is 1. The maximum Gasteiger partial charge on any atom is 0.315 e. The van der Waals surface area contributed by atoms with Gasteiger partial charge < -0.3 is 15.7 Å². The lowest BCUT2D eigenvalue weighted by molar-refractivity contribution is 0.220. The number of carbonyl (C=O) groups is 1. The summed E-state index contributed by atoms with van der Waals surface area (Å²) in [6, 6.07) is 19.7. The van der Waals surface area contributed by atoms with Crippen molar-refractivity contribution in [3.8, 4) is 0 Å². The van der Waals surface area contributed by atoms with Gasteiger partial charge in [-0.2, -0.15) is 0 Å². The highest BCUT2D eigenvalue weighted by molar-refractivity contribution is 5.74. The van der Waals surface area contributed by atoms with Crippen LogP contribution >= 0.6 is 0 Å². The van der Waals surface area contributed by atoms with Gasteiger partial charge in [-0.25, -0.2) is 4.79 Å². The minimum absolute atomic E-state index is 0.0752. The molecule has 0 spiro atoms. The van der Waals surface area contributed by atoms with Crippen LogP contribution in [-0.2, 0) is 0 Å². The van der Waals surface area contributed by atoms with Gasteiger partial charge in [-0.15, -0.1) is 0 Å². The second-order valence-electron chi connectivity index (χ2n) is 5.31. The summed E-state index contributed by atoms with van der Waals surface area (Å²) in [4.78, 5) is 11.8. The standard InChI is InChI=1S/C18H22N2O2/c1-14(13-21)20-18(22)19-12-17(15-8-4-2-5-9-15)16-10-6-3-7-11-16/h2-11,14,17,21H,12-13H2,1H3,(H2,19,20,22)/t14-/m0/s1. The first-order valence-corrected chi connectivity index (χ1v) is 7.46. The number of nitrogens with one attached hydrogen (secondary N) is 2. The molecular formula is C18H22N2O2. The van der Waals surface area contributed by atoms with Crippen LogP contribution in [0.2, 0.25) is 0 Å². The molecule has 0 fully saturated rings. The molecule has 2 rings (SSSR count). The number of benzene rings is 2. The summed E-state index contributed by atoms with van der Waals surface area (Å²) in [6.45, 7) is 2.18. The lowest BCUT2D eigenvalue weighted by Gasteiger charge is -2.20.